The van der Waals surface area contributed by atoms with Gasteiger partial charge in [0.2, 0.25) is 0 Å². The Labute approximate surface area is 124 Å². The fourth-order valence-corrected chi connectivity index (χ4v) is 2.32. The van der Waals surface area contributed by atoms with Crippen molar-refractivity contribution in [2.24, 2.45) is 0 Å². The minimum absolute atomic E-state index is 0.0346. The third kappa shape index (κ3) is 4.37. The van der Waals surface area contributed by atoms with Crippen LogP contribution in [-0.4, -0.2) is 64.8 Å². The van der Waals surface area contributed by atoms with Gasteiger partial charge in [0.1, 0.15) is 11.5 Å². The molecule has 116 valence electrons. The third-order valence-electron chi connectivity index (χ3n) is 3.40. The molecule has 1 aromatic heterocycles. The molecule has 0 radical (unpaired) electrons. The van der Waals surface area contributed by atoms with Crippen molar-refractivity contribution in [2.75, 3.05) is 38.2 Å². The average molecular weight is 294 g/mol. The molecule has 1 aliphatic heterocycles. The summed E-state index contributed by atoms with van der Waals surface area (Å²) in [6.07, 6.45) is 4.79. The van der Waals surface area contributed by atoms with Crippen molar-refractivity contribution in [3.8, 4) is 0 Å². The first kappa shape index (κ1) is 15.7. The number of piperidine rings is 1. The van der Waals surface area contributed by atoms with Gasteiger partial charge in [-0.15, -0.1) is 0 Å². The number of amides is 1. The number of ether oxygens (including phenoxy) is 1. The predicted octanol–water partition coefficient (Wildman–Crippen LogP) is 0.522. The SMILES string of the molecule is CCNc1cnc(C(=O)N2CCC(OCCO)CC2)cn1. The molecule has 7 heteroatoms. The van der Waals surface area contributed by atoms with E-state index in [-0.39, 0.29) is 18.6 Å². The molecule has 1 fully saturated rings. The predicted molar refractivity (Wildman–Crippen MR) is 78.2 cm³/mol. The number of aromatic nitrogens is 2. The second kappa shape index (κ2) is 7.90. The van der Waals surface area contributed by atoms with E-state index in [1.54, 1.807) is 11.1 Å². The number of hydrogen-bond donors (Lipinski definition) is 2. The molecule has 21 heavy (non-hydrogen) atoms. The minimum atomic E-state index is -0.0915. The highest BCUT2D eigenvalue weighted by molar-refractivity contribution is 5.92. The Kier molecular flexibility index (Phi) is 5.89. The number of aliphatic hydroxyl groups is 1. The number of nitrogens with zero attached hydrogens (tertiary/aromatic N) is 3. The maximum absolute atomic E-state index is 12.3. The van der Waals surface area contributed by atoms with Gasteiger partial charge in [0, 0.05) is 19.6 Å². The topological polar surface area (TPSA) is 87.6 Å². The fourth-order valence-electron chi connectivity index (χ4n) is 2.32. The summed E-state index contributed by atoms with van der Waals surface area (Å²) in [5, 5.41) is 11.8. The molecule has 0 aromatic carbocycles. The molecule has 0 aliphatic carbocycles. The van der Waals surface area contributed by atoms with Crippen molar-refractivity contribution in [1.82, 2.24) is 14.9 Å². The van der Waals surface area contributed by atoms with Crippen LogP contribution < -0.4 is 5.32 Å². The zero-order valence-electron chi connectivity index (χ0n) is 12.3. The molecule has 0 unspecified atom stereocenters. The number of carbonyl (C=O) groups excluding carboxylic acids is 1. The zero-order valence-corrected chi connectivity index (χ0v) is 12.3. The highest BCUT2D eigenvalue weighted by Gasteiger charge is 2.24. The van der Waals surface area contributed by atoms with Crippen LogP contribution in [0.5, 0.6) is 0 Å². The van der Waals surface area contributed by atoms with Crippen LogP contribution >= 0.6 is 0 Å². The van der Waals surface area contributed by atoms with Gasteiger partial charge in [0.15, 0.2) is 0 Å². The Morgan fingerprint density at radius 3 is 2.76 bits per heavy atom. The molecule has 0 bridgehead atoms. The monoisotopic (exact) mass is 294 g/mol. The Morgan fingerprint density at radius 2 is 2.19 bits per heavy atom. The van der Waals surface area contributed by atoms with Crippen molar-refractivity contribution < 1.29 is 14.6 Å². The second-order valence-electron chi connectivity index (χ2n) is 4.90. The van der Waals surface area contributed by atoms with Crippen LogP contribution in [0.15, 0.2) is 12.4 Å². The van der Waals surface area contributed by atoms with E-state index in [2.05, 4.69) is 15.3 Å². The summed E-state index contributed by atoms with van der Waals surface area (Å²) in [6, 6.07) is 0. The molecular weight excluding hydrogens is 272 g/mol. The molecule has 1 aliphatic rings. The largest absolute Gasteiger partial charge is 0.394 e. The zero-order chi connectivity index (χ0) is 15.1. The summed E-state index contributed by atoms with van der Waals surface area (Å²) in [7, 11) is 0. The van der Waals surface area contributed by atoms with Crippen LogP contribution in [0.4, 0.5) is 5.82 Å². The Balaban J connectivity index is 1.86. The minimum Gasteiger partial charge on any atom is -0.394 e. The number of aliphatic hydroxyl groups excluding tert-OH is 1. The van der Waals surface area contributed by atoms with Gasteiger partial charge in [0.05, 0.1) is 31.7 Å². The van der Waals surface area contributed by atoms with Crippen LogP contribution in [0.3, 0.4) is 0 Å². The van der Waals surface area contributed by atoms with Crippen LogP contribution in [-0.2, 0) is 4.74 Å². The molecule has 0 spiro atoms. The van der Waals surface area contributed by atoms with Crippen LogP contribution in [0, 0.1) is 0 Å². The van der Waals surface area contributed by atoms with Crippen molar-refractivity contribution >= 4 is 11.7 Å². The van der Waals surface area contributed by atoms with E-state index in [4.69, 9.17) is 9.84 Å². The van der Waals surface area contributed by atoms with Crippen LogP contribution in [0.2, 0.25) is 0 Å². The van der Waals surface area contributed by atoms with Gasteiger partial charge >= 0.3 is 0 Å². The van der Waals surface area contributed by atoms with E-state index in [0.29, 0.717) is 31.2 Å². The first-order valence-electron chi connectivity index (χ1n) is 7.32. The molecule has 2 N–H and O–H groups in total. The van der Waals surface area contributed by atoms with Crippen molar-refractivity contribution in [2.45, 2.75) is 25.9 Å². The van der Waals surface area contributed by atoms with Crippen molar-refractivity contribution in [3.63, 3.8) is 0 Å². The lowest BCUT2D eigenvalue weighted by molar-refractivity contribution is -0.00565. The smallest absolute Gasteiger partial charge is 0.274 e. The standard InChI is InChI=1S/C14H22N4O3/c1-2-15-13-10-16-12(9-17-13)14(20)18-5-3-11(4-6-18)21-8-7-19/h9-11,19H,2-8H2,1H3,(H,15,17). The summed E-state index contributed by atoms with van der Waals surface area (Å²) >= 11 is 0. The maximum Gasteiger partial charge on any atom is 0.274 e. The highest BCUT2D eigenvalue weighted by Crippen LogP contribution is 2.15. The lowest BCUT2D eigenvalue weighted by atomic mass is 10.1. The normalized spacial score (nSPS) is 16.0. The Morgan fingerprint density at radius 1 is 1.43 bits per heavy atom. The number of carbonyl (C=O) groups is 1. The maximum atomic E-state index is 12.3. The number of nitrogens with one attached hydrogen (secondary N) is 1. The first-order valence-corrected chi connectivity index (χ1v) is 7.32. The lowest BCUT2D eigenvalue weighted by Gasteiger charge is -2.31. The summed E-state index contributed by atoms with van der Waals surface area (Å²) < 4.78 is 5.48. The summed E-state index contributed by atoms with van der Waals surface area (Å²) in [4.78, 5) is 22.4. The van der Waals surface area contributed by atoms with Gasteiger partial charge in [-0.1, -0.05) is 0 Å². The molecule has 0 saturated carbocycles. The Bertz CT molecular complexity index is 444. The van der Waals surface area contributed by atoms with E-state index in [9.17, 15) is 4.79 Å². The molecular formula is C14H22N4O3. The quantitative estimate of drug-likeness (QED) is 0.795. The van der Waals surface area contributed by atoms with E-state index < -0.39 is 0 Å². The fraction of sp³-hybridized carbons (Fsp3) is 0.643. The highest BCUT2D eigenvalue weighted by atomic mass is 16.5. The van der Waals surface area contributed by atoms with Gasteiger partial charge in [0.25, 0.3) is 5.91 Å². The van der Waals surface area contributed by atoms with Gasteiger partial charge in [-0.3, -0.25) is 4.79 Å². The molecule has 7 nitrogen and oxygen atoms in total. The molecule has 2 heterocycles. The molecule has 1 amide bonds. The van der Waals surface area contributed by atoms with Crippen LogP contribution in [0.25, 0.3) is 0 Å². The van der Waals surface area contributed by atoms with E-state index in [0.717, 1.165) is 19.4 Å². The number of rotatable bonds is 6. The van der Waals surface area contributed by atoms with Gasteiger partial charge in [-0.2, -0.15) is 0 Å². The molecule has 1 aromatic rings. The van der Waals surface area contributed by atoms with Gasteiger partial charge in [-0.05, 0) is 19.8 Å². The number of likely N-dealkylation sites (tertiary alicyclic amines) is 1. The van der Waals surface area contributed by atoms with Crippen molar-refractivity contribution in [1.29, 1.82) is 0 Å². The first-order chi connectivity index (χ1) is 10.2. The lowest BCUT2D eigenvalue weighted by Crippen LogP contribution is -2.41. The summed E-state index contributed by atoms with van der Waals surface area (Å²) in [5.74, 6) is 0.580. The number of anilines is 1. The van der Waals surface area contributed by atoms with E-state index >= 15 is 0 Å². The molecule has 1 saturated heterocycles. The third-order valence-corrected chi connectivity index (χ3v) is 3.40. The summed E-state index contributed by atoms with van der Waals surface area (Å²) in [6.45, 7) is 4.42. The van der Waals surface area contributed by atoms with E-state index in [1.165, 1.54) is 6.20 Å². The second-order valence-corrected chi connectivity index (χ2v) is 4.90. The van der Waals surface area contributed by atoms with Crippen molar-refractivity contribution in [3.05, 3.63) is 18.1 Å². The average Bonchev–Trinajstić information content (AvgIpc) is 2.54. The van der Waals surface area contributed by atoms with Gasteiger partial charge < -0.3 is 20.1 Å². The van der Waals surface area contributed by atoms with Gasteiger partial charge in [-0.25, -0.2) is 9.97 Å². The molecule has 2 rings (SSSR count). The van der Waals surface area contributed by atoms with E-state index in [1.807, 2.05) is 6.92 Å². The summed E-state index contributed by atoms with van der Waals surface area (Å²) in [5.41, 5.74) is 0.367. The van der Waals surface area contributed by atoms with Crippen LogP contribution in [0.1, 0.15) is 30.3 Å². The molecule has 0 atom stereocenters. The Hall–Kier alpha value is -1.73. The number of hydrogen-bond acceptors (Lipinski definition) is 6.